The summed E-state index contributed by atoms with van der Waals surface area (Å²) in [5.41, 5.74) is 1.02. The zero-order valence-electron chi connectivity index (χ0n) is 18.6. The minimum Gasteiger partial charge on any atom is -0.375 e. The van der Waals surface area contributed by atoms with Crippen molar-refractivity contribution in [1.29, 1.82) is 0 Å². The highest BCUT2D eigenvalue weighted by Gasteiger charge is 2.43. The highest BCUT2D eigenvalue weighted by atomic mass is 16.5. The summed E-state index contributed by atoms with van der Waals surface area (Å²) in [5, 5.41) is 8.60. The molecule has 0 bridgehead atoms. The first kappa shape index (κ1) is 23.0. The molecule has 2 aliphatic rings. The lowest BCUT2D eigenvalue weighted by Gasteiger charge is -2.25. The van der Waals surface area contributed by atoms with Gasteiger partial charge >= 0.3 is 6.03 Å². The monoisotopic (exact) mass is 435 g/mol. The van der Waals surface area contributed by atoms with Gasteiger partial charge in [-0.05, 0) is 20.3 Å². The predicted octanol–water partition coefficient (Wildman–Crippen LogP) is -0.956. The van der Waals surface area contributed by atoms with Crippen molar-refractivity contribution in [3.05, 3.63) is 18.2 Å². The number of carbonyl (C=O) groups excluding carboxylic acids is 3. The van der Waals surface area contributed by atoms with Crippen molar-refractivity contribution < 1.29 is 19.1 Å². The van der Waals surface area contributed by atoms with Crippen LogP contribution in [0.5, 0.6) is 0 Å². The third-order valence-electron chi connectivity index (χ3n) is 5.57. The van der Waals surface area contributed by atoms with Gasteiger partial charge in [0.1, 0.15) is 12.6 Å². The molecule has 0 aliphatic carbocycles. The van der Waals surface area contributed by atoms with Crippen molar-refractivity contribution in [2.24, 2.45) is 7.05 Å². The average molecular weight is 436 g/mol. The van der Waals surface area contributed by atoms with Crippen molar-refractivity contribution in [1.82, 2.24) is 35.3 Å². The van der Waals surface area contributed by atoms with Gasteiger partial charge in [0.15, 0.2) is 0 Å². The van der Waals surface area contributed by atoms with E-state index in [4.69, 9.17) is 4.74 Å². The van der Waals surface area contributed by atoms with Crippen LogP contribution < -0.4 is 16.0 Å². The largest absolute Gasteiger partial charge is 0.375 e. The number of nitrogens with one attached hydrogen (secondary N) is 3. The van der Waals surface area contributed by atoms with Gasteiger partial charge in [-0.1, -0.05) is 0 Å². The summed E-state index contributed by atoms with van der Waals surface area (Å²) in [6.07, 6.45) is 4.21. The van der Waals surface area contributed by atoms with Crippen LogP contribution in [0.4, 0.5) is 4.79 Å². The first-order chi connectivity index (χ1) is 14.8. The standard InChI is InChI=1S/C20H33N7O4/c1-13(2)22-20(30)23-14-5-15-8-26(9-16-6-21-12-25(16)3)10-17(19(29)27(15)7-14)24-18(28)11-31-4/h6,12-15,17H,5,7-11H2,1-4H3,(H,24,28)(H2,22,23,30)/t14-,15-,17-/m0/s1. The summed E-state index contributed by atoms with van der Waals surface area (Å²) < 4.78 is 6.84. The quantitative estimate of drug-likeness (QED) is 0.508. The molecule has 2 aliphatic heterocycles. The fourth-order valence-corrected chi connectivity index (χ4v) is 4.23. The Bertz CT molecular complexity index is 796. The van der Waals surface area contributed by atoms with Crippen LogP contribution in [0.3, 0.4) is 0 Å². The van der Waals surface area contributed by atoms with Crippen molar-refractivity contribution in [3.63, 3.8) is 0 Å². The second-order valence-corrected chi connectivity index (χ2v) is 8.59. The molecule has 2 fully saturated rings. The Morgan fingerprint density at radius 3 is 2.68 bits per heavy atom. The smallest absolute Gasteiger partial charge is 0.315 e. The van der Waals surface area contributed by atoms with E-state index in [1.165, 1.54) is 7.11 Å². The molecule has 31 heavy (non-hydrogen) atoms. The van der Waals surface area contributed by atoms with Crippen LogP contribution in [-0.2, 0) is 27.9 Å². The summed E-state index contributed by atoms with van der Waals surface area (Å²) in [6, 6.07) is -1.07. The molecule has 11 nitrogen and oxygen atoms in total. The van der Waals surface area contributed by atoms with E-state index in [1.54, 1.807) is 17.4 Å². The van der Waals surface area contributed by atoms with Gasteiger partial charge in [-0.25, -0.2) is 9.78 Å². The molecule has 0 saturated carbocycles. The predicted molar refractivity (Wildman–Crippen MR) is 113 cm³/mol. The summed E-state index contributed by atoms with van der Waals surface area (Å²) >= 11 is 0. The number of aryl methyl sites for hydroxylation is 1. The van der Waals surface area contributed by atoms with E-state index in [0.717, 1.165) is 5.69 Å². The lowest BCUT2D eigenvalue weighted by molar-refractivity contribution is -0.137. The van der Waals surface area contributed by atoms with Crippen LogP contribution in [-0.4, -0.2) is 94.7 Å². The molecule has 2 saturated heterocycles. The number of hydrogen-bond donors (Lipinski definition) is 3. The van der Waals surface area contributed by atoms with Crippen LogP contribution in [0.25, 0.3) is 0 Å². The van der Waals surface area contributed by atoms with Crippen LogP contribution in [0.2, 0.25) is 0 Å². The van der Waals surface area contributed by atoms with Crippen molar-refractivity contribution in [3.8, 4) is 0 Å². The highest BCUT2D eigenvalue weighted by molar-refractivity contribution is 5.89. The molecule has 11 heteroatoms. The van der Waals surface area contributed by atoms with E-state index in [2.05, 4.69) is 25.8 Å². The van der Waals surface area contributed by atoms with Gasteiger partial charge in [0.2, 0.25) is 11.8 Å². The molecule has 3 N–H and O–H groups in total. The minimum absolute atomic E-state index is 0.0311. The average Bonchev–Trinajstić information content (AvgIpc) is 3.23. The molecule has 0 spiro atoms. The zero-order chi connectivity index (χ0) is 22.5. The molecule has 1 aromatic heterocycles. The van der Waals surface area contributed by atoms with Gasteiger partial charge in [0.25, 0.3) is 0 Å². The molecular formula is C20H33N7O4. The lowest BCUT2D eigenvalue weighted by Crippen LogP contribution is -2.52. The van der Waals surface area contributed by atoms with E-state index < -0.39 is 6.04 Å². The van der Waals surface area contributed by atoms with E-state index in [9.17, 15) is 14.4 Å². The van der Waals surface area contributed by atoms with Crippen LogP contribution in [0.1, 0.15) is 26.0 Å². The van der Waals surface area contributed by atoms with E-state index in [1.807, 2.05) is 25.5 Å². The third kappa shape index (κ3) is 5.95. The molecular weight excluding hydrogens is 402 g/mol. The maximum Gasteiger partial charge on any atom is 0.315 e. The maximum absolute atomic E-state index is 13.3. The summed E-state index contributed by atoms with van der Waals surface area (Å²) in [7, 11) is 3.37. The molecule has 3 rings (SSSR count). The summed E-state index contributed by atoms with van der Waals surface area (Å²) in [6.45, 7) is 5.77. The fraction of sp³-hybridized carbons (Fsp3) is 0.700. The number of rotatable bonds is 7. The number of fused-ring (bicyclic) bond motifs is 1. The van der Waals surface area contributed by atoms with Gasteiger partial charge in [-0.2, -0.15) is 0 Å². The van der Waals surface area contributed by atoms with Gasteiger partial charge < -0.3 is 30.2 Å². The minimum atomic E-state index is -0.677. The fourth-order valence-electron chi connectivity index (χ4n) is 4.23. The van der Waals surface area contributed by atoms with Gasteiger partial charge in [-0.15, -0.1) is 0 Å². The highest BCUT2D eigenvalue weighted by Crippen LogP contribution is 2.24. The van der Waals surface area contributed by atoms with E-state index in [-0.39, 0.29) is 42.6 Å². The Kier molecular flexibility index (Phi) is 7.50. The second-order valence-electron chi connectivity index (χ2n) is 8.59. The molecule has 0 radical (unpaired) electrons. The van der Waals surface area contributed by atoms with Crippen molar-refractivity contribution in [2.45, 2.75) is 51.0 Å². The lowest BCUT2D eigenvalue weighted by atomic mass is 10.1. The van der Waals surface area contributed by atoms with Crippen LogP contribution in [0, 0.1) is 0 Å². The number of ether oxygens (including phenoxy) is 1. The van der Waals surface area contributed by atoms with Gasteiger partial charge in [-0.3, -0.25) is 14.5 Å². The van der Waals surface area contributed by atoms with Gasteiger partial charge in [0.05, 0.1) is 18.1 Å². The molecule has 0 unspecified atom stereocenters. The SMILES string of the molecule is COCC(=O)N[C@H]1CN(Cc2cncn2C)C[C@@H]2C[C@H](NC(=O)NC(C)C)CN2C1=O. The van der Waals surface area contributed by atoms with Crippen LogP contribution in [0.15, 0.2) is 12.5 Å². The number of methoxy groups -OCH3 is 1. The Hall–Kier alpha value is -2.66. The number of carbonyl (C=O) groups is 3. The topological polar surface area (TPSA) is 121 Å². The zero-order valence-corrected chi connectivity index (χ0v) is 18.6. The van der Waals surface area contributed by atoms with Crippen molar-refractivity contribution >= 4 is 17.8 Å². The third-order valence-corrected chi connectivity index (χ3v) is 5.57. The Morgan fingerprint density at radius 1 is 1.26 bits per heavy atom. The summed E-state index contributed by atoms with van der Waals surface area (Å²) in [5.74, 6) is -0.458. The Balaban J connectivity index is 1.74. The Morgan fingerprint density at radius 2 is 2.03 bits per heavy atom. The molecule has 3 atom stereocenters. The number of hydrogen-bond acceptors (Lipinski definition) is 6. The second kappa shape index (κ2) is 10.1. The Labute approximate surface area is 182 Å². The number of urea groups is 1. The normalized spacial score (nSPS) is 24.1. The molecule has 1 aromatic rings. The van der Waals surface area contributed by atoms with E-state index >= 15 is 0 Å². The first-order valence-electron chi connectivity index (χ1n) is 10.6. The number of aromatic nitrogens is 2. The number of imidazole rings is 1. The first-order valence-corrected chi connectivity index (χ1v) is 10.6. The molecule has 3 heterocycles. The van der Waals surface area contributed by atoms with Crippen molar-refractivity contribution in [2.75, 3.05) is 33.4 Å². The van der Waals surface area contributed by atoms with Gasteiger partial charge in [0, 0.05) is 58.6 Å². The summed E-state index contributed by atoms with van der Waals surface area (Å²) in [4.78, 5) is 45.7. The maximum atomic E-state index is 13.3. The number of nitrogens with zero attached hydrogens (tertiary/aromatic N) is 4. The molecule has 172 valence electrons. The molecule has 4 amide bonds. The van der Waals surface area contributed by atoms with Crippen LogP contribution >= 0.6 is 0 Å². The van der Waals surface area contributed by atoms with E-state index in [0.29, 0.717) is 32.6 Å². The number of amides is 4. The molecule has 0 aromatic carbocycles.